The van der Waals surface area contributed by atoms with Gasteiger partial charge in [-0.25, -0.2) is 0 Å². The first-order chi connectivity index (χ1) is 9.25. The van der Waals surface area contributed by atoms with Crippen molar-refractivity contribution in [1.29, 1.82) is 0 Å². The SMILES string of the molecule is O=C(O)C1COCCN1CC1COc2ccccc21. The number of carbonyl (C=O) groups is 1. The minimum Gasteiger partial charge on any atom is -0.493 e. The van der Waals surface area contributed by atoms with Gasteiger partial charge in [-0.2, -0.15) is 0 Å². The average molecular weight is 263 g/mol. The molecule has 19 heavy (non-hydrogen) atoms. The van der Waals surface area contributed by atoms with E-state index in [1.807, 2.05) is 23.1 Å². The van der Waals surface area contributed by atoms with Crippen LogP contribution in [0.4, 0.5) is 0 Å². The minimum absolute atomic E-state index is 0.246. The molecule has 1 aromatic rings. The van der Waals surface area contributed by atoms with Crippen LogP contribution in [0, 0.1) is 0 Å². The van der Waals surface area contributed by atoms with Crippen LogP contribution in [0.3, 0.4) is 0 Å². The third-order valence-corrected chi connectivity index (χ3v) is 3.78. The number of morpholine rings is 1. The number of fused-ring (bicyclic) bond motifs is 1. The first-order valence-corrected chi connectivity index (χ1v) is 6.52. The van der Waals surface area contributed by atoms with Gasteiger partial charge >= 0.3 is 5.97 Å². The lowest BCUT2D eigenvalue weighted by molar-refractivity contribution is -0.149. The predicted molar refractivity (Wildman–Crippen MR) is 68.5 cm³/mol. The molecular formula is C14H17NO4. The summed E-state index contributed by atoms with van der Waals surface area (Å²) in [7, 11) is 0. The normalized spacial score (nSPS) is 26.7. The molecule has 2 aliphatic heterocycles. The average Bonchev–Trinajstić information content (AvgIpc) is 2.83. The van der Waals surface area contributed by atoms with Crippen LogP contribution in [0.25, 0.3) is 0 Å². The van der Waals surface area contributed by atoms with Crippen LogP contribution in [0.1, 0.15) is 11.5 Å². The van der Waals surface area contributed by atoms with E-state index < -0.39 is 12.0 Å². The summed E-state index contributed by atoms with van der Waals surface area (Å²) in [4.78, 5) is 13.2. The maximum atomic E-state index is 11.2. The molecule has 1 saturated heterocycles. The Balaban J connectivity index is 1.73. The van der Waals surface area contributed by atoms with Crippen molar-refractivity contribution in [1.82, 2.24) is 4.90 Å². The maximum Gasteiger partial charge on any atom is 0.323 e. The van der Waals surface area contributed by atoms with Crippen molar-refractivity contribution in [3.8, 4) is 5.75 Å². The van der Waals surface area contributed by atoms with Crippen molar-refractivity contribution in [3.05, 3.63) is 29.8 Å². The summed E-state index contributed by atoms with van der Waals surface area (Å²) in [5.41, 5.74) is 1.18. The third-order valence-electron chi connectivity index (χ3n) is 3.78. The molecule has 5 nitrogen and oxygen atoms in total. The van der Waals surface area contributed by atoms with Gasteiger partial charge in [-0.1, -0.05) is 18.2 Å². The van der Waals surface area contributed by atoms with Crippen molar-refractivity contribution in [2.24, 2.45) is 0 Å². The first-order valence-electron chi connectivity index (χ1n) is 6.52. The molecule has 0 radical (unpaired) electrons. The summed E-state index contributed by atoms with van der Waals surface area (Å²) in [5, 5.41) is 9.22. The zero-order valence-electron chi connectivity index (χ0n) is 10.6. The molecule has 2 unspecified atom stereocenters. The van der Waals surface area contributed by atoms with Crippen molar-refractivity contribution in [2.45, 2.75) is 12.0 Å². The highest BCUT2D eigenvalue weighted by atomic mass is 16.5. The Bertz CT molecular complexity index is 476. The van der Waals surface area contributed by atoms with Crippen LogP contribution < -0.4 is 4.74 Å². The second-order valence-corrected chi connectivity index (χ2v) is 4.97. The van der Waals surface area contributed by atoms with Gasteiger partial charge in [-0.3, -0.25) is 9.69 Å². The fourth-order valence-corrected chi connectivity index (χ4v) is 2.75. The Morgan fingerprint density at radius 2 is 2.21 bits per heavy atom. The predicted octanol–water partition coefficient (Wildman–Crippen LogP) is 0.948. The lowest BCUT2D eigenvalue weighted by Crippen LogP contribution is -2.51. The standard InChI is InChI=1S/C14H17NO4/c16-14(17)12-9-18-6-5-15(12)7-10-8-19-13-4-2-1-3-11(10)13/h1-4,10,12H,5-9H2,(H,16,17). The molecule has 1 aromatic carbocycles. The highest BCUT2D eigenvalue weighted by Crippen LogP contribution is 2.34. The number of carboxylic acids is 1. The summed E-state index contributed by atoms with van der Waals surface area (Å²) >= 11 is 0. The molecule has 5 heteroatoms. The van der Waals surface area contributed by atoms with E-state index in [0.29, 0.717) is 26.3 Å². The third kappa shape index (κ3) is 2.43. The monoisotopic (exact) mass is 263 g/mol. The van der Waals surface area contributed by atoms with Gasteiger partial charge in [-0.05, 0) is 6.07 Å². The van der Waals surface area contributed by atoms with E-state index in [2.05, 4.69) is 6.07 Å². The Hall–Kier alpha value is -1.59. The molecule has 0 aromatic heterocycles. The lowest BCUT2D eigenvalue weighted by Gasteiger charge is -2.34. The number of rotatable bonds is 3. The van der Waals surface area contributed by atoms with Gasteiger partial charge in [0.05, 0.1) is 19.8 Å². The van der Waals surface area contributed by atoms with Gasteiger partial charge in [0.1, 0.15) is 11.8 Å². The molecule has 0 amide bonds. The highest BCUT2D eigenvalue weighted by Gasteiger charge is 2.33. The Morgan fingerprint density at radius 3 is 3.05 bits per heavy atom. The van der Waals surface area contributed by atoms with Gasteiger partial charge < -0.3 is 14.6 Å². The molecule has 102 valence electrons. The number of hydrogen-bond donors (Lipinski definition) is 1. The topological polar surface area (TPSA) is 59.0 Å². The number of ether oxygens (including phenoxy) is 2. The number of carboxylic acid groups (broad SMARTS) is 1. The van der Waals surface area contributed by atoms with Crippen molar-refractivity contribution in [2.75, 3.05) is 32.9 Å². The number of aliphatic carboxylic acids is 1. The van der Waals surface area contributed by atoms with Crippen molar-refractivity contribution in [3.63, 3.8) is 0 Å². The summed E-state index contributed by atoms with van der Waals surface area (Å²) in [6.07, 6.45) is 0. The molecule has 2 atom stereocenters. The minimum atomic E-state index is -0.813. The van der Waals surface area contributed by atoms with E-state index in [4.69, 9.17) is 9.47 Å². The second kappa shape index (κ2) is 5.19. The molecule has 1 N–H and O–H groups in total. The molecule has 2 heterocycles. The van der Waals surface area contributed by atoms with E-state index in [1.165, 1.54) is 5.56 Å². The van der Waals surface area contributed by atoms with Gasteiger partial charge in [0.2, 0.25) is 0 Å². The largest absolute Gasteiger partial charge is 0.493 e. The van der Waals surface area contributed by atoms with Crippen LogP contribution in [0.2, 0.25) is 0 Å². The second-order valence-electron chi connectivity index (χ2n) is 4.97. The zero-order valence-corrected chi connectivity index (χ0v) is 10.6. The maximum absolute atomic E-state index is 11.2. The van der Waals surface area contributed by atoms with E-state index >= 15 is 0 Å². The Labute approximate surface area is 111 Å². The Kier molecular flexibility index (Phi) is 3.40. The van der Waals surface area contributed by atoms with Gasteiger partial charge in [0.25, 0.3) is 0 Å². The van der Waals surface area contributed by atoms with E-state index in [-0.39, 0.29) is 12.5 Å². The molecule has 1 fully saturated rings. The first kappa shape index (κ1) is 12.4. The van der Waals surface area contributed by atoms with Crippen LogP contribution in [0.15, 0.2) is 24.3 Å². The fraction of sp³-hybridized carbons (Fsp3) is 0.500. The van der Waals surface area contributed by atoms with Crippen LogP contribution in [0.5, 0.6) is 5.75 Å². The quantitative estimate of drug-likeness (QED) is 0.879. The number of nitrogens with zero attached hydrogens (tertiary/aromatic N) is 1. The van der Waals surface area contributed by atoms with E-state index in [1.54, 1.807) is 0 Å². The van der Waals surface area contributed by atoms with Gasteiger partial charge in [0.15, 0.2) is 0 Å². The van der Waals surface area contributed by atoms with Crippen LogP contribution in [-0.2, 0) is 9.53 Å². The summed E-state index contributed by atoms with van der Waals surface area (Å²) in [6, 6.07) is 7.43. The fourth-order valence-electron chi connectivity index (χ4n) is 2.75. The van der Waals surface area contributed by atoms with Crippen LogP contribution in [-0.4, -0.2) is 54.9 Å². The molecule has 0 aliphatic carbocycles. The summed E-state index contributed by atoms with van der Waals surface area (Å²) < 4.78 is 10.9. The van der Waals surface area contributed by atoms with E-state index in [0.717, 1.165) is 5.75 Å². The molecule has 2 aliphatic rings. The number of para-hydroxylation sites is 1. The van der Waals surface area contributed by atoms with Crippen LogP contribution >= 0.6 is 0 Å². The summed E-state index contributed by atoms with van der Waals surface area (Å²) in [6.45, 7) is 2.86. The smallest absolute Gasteiger partial charge is 0.323 e. The highest BCUT2D eigenvalue weighted by molar-refractivity contribution is 5.73. The van der Waals surface area contributed by atoms with Gasteiger partial charge in [-0.15, -0.1) is 0 Å². The van der Waals surface area contributed by atoms with E-state index in [9.17, 15) is 9.90 Å². The zero-order chi connectivity index (χ0) is 13.2. The van der Waals surface area contributed by atoms with Crippen molar-refractivity contribution < 1.29 is 19.4 Å². The molecular weight excluding hydrogens is 246 g/mol. The van der Waals surface area contributed by atoms with Gasteiger partial charge in [0, 0.05) is 24.6 Å². The van der Waals surface area contributed by atoms with Crippen molar-refractivity contribution >= 4 is 5.97 Å². The lowest BCUT2D eigenvalue weighted by atomic mass is 10.00. The molecule has 0 saturated carbocycles. The molecule has 0 spiro atoms. The number of hydrogen-bond acceptors (Lipinski definition) is 4. The Morgan fingerprint density at radius 1 is 1.37 bits per heavy atom. The molecule has 3 rings (SSSR count). The number of benzene rings is 1. The summed E-state index contributed by atoms with van der Waals surface area (Å²) in [5.74, 6) is 0.357. The molecule has 0 bridgehead atoms.